The first-order valence-corrected chi connectivity index (χ1v) is 6.70. The Morgan fingerprint density at radius 2 is 2.21 bits per heavy atom. The van der Waals surface area contributed by atoms with E-state index in [0.717, 1.165) is 12.8 Å². The number of aromatic nitrogens is 1. The average Bonchev–Trinajstić information content (AvgIpc) is 3.16. The summed E-state index contributed by atoms with van der Waals surface area (Å²) in [7, 11) is 1.36. The minimum absolute atomic E-state index is 0.0108. The summed E-state index contributed by atoms with van der Waals surface area (Å²) in [5.74, 6) is -0.299. The van der Waals surface area contributed by atoms with Crippen LogP contribution in [0.2, 0.25) is 0 Å². The summed E-state index contributed by atoms with van der Waals surface area (Å²) in [6.45, 7) is 2.91. The zero-order valence-corrected chi connectivity index (χ0v) is 11.5. The van der Waals surface area contributed by atoms with Gasteiger partial charge in [0.1, 0.15) is 5.69 Å². The summed E-state index contributed by atoms with van der Waals surface area (Å²) < 4.78 is 6.65. The lowest BCUT2D eigenvalue weighted by molar-refractivity contribution is -0.140. The molecular weight excluding hydrogens is 244 g/mol. The third kappa shape index (κ3) is 3.16. The Balaban J connectivity index is 2.03. The molecule has 0 saturated heterocycles. The van der Waals surface area contributed by atoms with Crippen molar-refractivity contribution in [2.75, 3.05) is 20.2 Å². The van der Waals surface area contributed by atoms with Crippen molar-refractivity contribution in [3.8, 4) is 0 Å². The summed E-state index contributed by atoms with van der Waals surface area (Å²) >= 11 is 0. The number of ether oxygens (including phenoxy) is 1. The van der Waals surface area contributed by atoms with Crippen molar-refractivity contribution in [1.29, 1.82) is 0 Å². The van der Waals surface area contributed by atoms with Crippen molar-refractivity contribution in [3.63, 3.8) is 0 Å². The number of rotatable bonds is 6. The van der Waals surface area contributed by atoms with Crippen LogP contribution < -0.4 is 0 Å². The molecule has 1 aromatic rings. The van der Waals surface area contributed by atoms with E-state index in [1.807, 2.05) is 29.8 Å². The van der Waals surface area contributed by atoms with Gasteiger partial charge in [0.2, 0.25) is 0 Å². The highest BCUT2D eigenvalue weighted by molar-refractivity contribution is 5.93. The first kappa shape index (κ1) is 13.6. The molecule has 0 atom stereocenters. The Labute approximate surface area is 113 Å². The maximum Gasteiger partial charge on any atom is 0.307 e. The van der Waals surface area contributed by atoms with Gasteiger partial charge in [-0.05, 0) is 31.9 Å². The first-order valence-electron chi connectivity index (χ1n) is 6.70. The van der Waals surface area contributed by atoms with Gasteiger partial charge in [0.25, 0.3) is 5.91 Å². The SMILES string of the molecule is CCN(CCC(=O)OC)C(=O)c1cccn1C1CC1. The molecule has 0 spiro atoms. The Hall–Kier alpha value is -1.78. The van der Waals surface area contributed by atoms with E-state index in [9.17, 15) is 9.59 Å². The largest absolute Gasteiger partial charge is 0.469 e. The average molecular weight is 264 g/mol. The zero-order chi connectivity index (χ0) is 13.8. The Morgan fingerprint density at radius 3 is 2.79 bits per heavy atom. The second kappa shape index (κ2) is 5.91. The third-order valence-electron chi connectivity index (χ3n) is 3.42. The molecule has 1 heterocycles. The molecular formula is C14H20N2O3. The van der Waals surface area contributed by atoms with Crippen LogP contribution in [0.1, 0.15) is 42.7 Å². The molecule has 1 aliphatic carbocycles. The Morgan fingerprint density at radius 1 is 1.47 bits per heavy atom. The minimum atomic E-state index is -0.288. The van der Waals surface area contributed by atoms with Crippen molar-refractivity contribution in [1.82, 2.24) is 9.47 Å². The number of hydrogen-bond acceptors (Lipinski definition) is 3. The van der Waals surface area contributed by atoms with Crippen LogP contribution in [0, 0.1) is 0 Å². The van der Waals surface area contributed by atoms with Gasteiger partial charge in [-0.15, -0.1) is 0 Å². The van der Waals surface area contributed by atoms with E-state index >= 15 is 0 Å². The van der Waals surface area contributed by atoms with Crippen LogP contribution in [-0.2, 0) is 9.53 Å². The van der Waals surface area contributed by atoms with E-state index in [1.165, 1.54) is 7.11 Å². The normalized spacial score (nSPS) is 14.2. The van der Waals surface area contributed by atoms with Crippen LogP contribution in [0.15, 0.2) is 18.3 Å². The van der Waals surface area contributed by atoms with E-state index in [0.29, 0.717) is 24.8 Å². The molecule has 1 saturated carbocycles. The minimum Gasteiger partial charge on any atom is -0.469 e. The fraction of sp³-hybridized carbons (Fsp3) is 0.571. The monoisotopic (exact) mass is 264 g/mol. The molecule has 0 aliphatic heterocycles. The molecule has 5 nitrogen and oxygen atoms in total. The Bertz CT molecular complexity index is 463. The first-order chi connectivity index (χ1) is 9.17. The molecule has 1 aliphatic rings. The topological polar surface area (TPSA) is 51.5 Å². The van der Waals surface area contributed by atoms with E-state index in [2.05, 4.69) is 4.74 Å². The molecule has 104 valence electrons. The van der Waals surface area contributed by atoms with Crippen molar-refractivity contribution < 1.29 is 14.3 Å². The van der Waals surface area contributed by atoms with Crippen molar-refractivity contribution >= 4 is 11.9 Å². The molecule has 5 heteroatoms. The highest BCUT2D eigenvalue weighted by Crippen LogP contribution is 2.36. The van der Waals surface area contributed by atoms with Crippen LogP contribution in [0.4, 0.5) is 0 Å². The molecule has 0 unspecified atom stereocenters. The van der Waals surface area contributed by atoms with Gasteiger partial charge in [-0.25, -0.2) is 0 Å². The van der Waals surface area contributed by atoms with E-state index < -0.39 is 0 Å². The standard InChI is InChI=1S/C14H20N2O3/c1-3-15(10-8-13(17)19-2)14(18)12-5-4-9-16(12)11-6-7-11/h4-5,9,11H,3,6-8,10H2,1-2H3. The Kier molecular flexibility index (Phi) is 4.24. The van der Waals surface area contributed by atoms with E-state index in [1.54, 1.807) is 4.90 Å². The summed E-state index contributed by atoms with van der Waals surface area (Å²) in [4.78, 5) is 25.3. The second-order valence-corrected chi connectivity index (χ2v) is 4.74. The number of carbonyl (C=O) groups is 2. The maximum absolute atomic E-state index is 12.4. The van der Waals surface area contributed by atoms with Crippen LogP contribution >= 0.6 is 0 Å². The molecule has 19 heavy (non-hydrogen) atoms. The molecule has 0 aromatic carbocycles. The van der Waals surface area contributed by atoms with Gasteiger partial charge in [0.15, 0.2) is 0 Å². The molecule has 0 radical (unpaired) electrons. The summed E-state index contributed by atoms with van der Waals surface area (Å²) in [5, 5.41) is 0. The smallest absolute Gasteiger partial charge is 0.307 e. The molecule has 2 rings (SSSR count). The van der Waals surface area contributed by atoms with Gasteiger partial charge in [-0.3, -0.25) is 9.59 Å². The van der Waals surface area contributed by atoms with Crippen molar-refractivity contribution in [2.45, 2.75) is 32.2 Å². The van der Waals surface area contributed by atoms with Gasteiger partial charge < -0.3 is 14.2 Å². The predicted octanol–water partition coefficient (Wildman–Crippen LogP) is 1.85. The fourth-order valence-electron chi connectivity index (χ4n) is 2.14. The second-order valence-electron chi connectivity index (χ2n) is 4.74. The molecule has 1 aromatic heterocycles. The molecule has 1 amide bonds. The van der Waals surface area contributed by atoms with Crippen LogP contribution in [-0.4, -0.2) is 41.5 Å². The van der Waals surface area contributed by atoms with Crippen molar-refractivity contribution in [3.05, 3.63) is 24.0 Å². The number of methoxy groups -OCH3 is 1. The van der Waals surface area contributed by atoms with Gasteiger partial charge in [-0.1, -0.05) is 0 Å². The van der Waals surface area contributed by atoms with Crippen LogP contribution in [0.25, 0.3) is 0 Å². The number of nitrogens with zero attached hydrogens (tertiary/aromatic N) is 2. The predicted molar refractivity (Wildman–Crippen MR) is 70.9 cm³/mol. The highest BCUT2D eigenvalue weighted by Gasteiger charge is 2.28. The van der Waals surface area contributed by atoms with E-state index in [4.69, 9.17) is 0 Å². The molecule has 1 fully saturated rings. The number of carbonyl (C=O) groups excluding carboxylic acids is 2. The summed E-state index contributed by atoms with van der Waals surface area (Å²) in [6, 6.07) is 4.23. The quantitative estimate of drug-likeness (QED) is 0.737. The number of hydrogen-bond donors (Lipinski definition) is 0. The van der Waals surface area contributed by atoms with Gasteiger partial charge >= 0.3 is 5.97 Å². The zero-order valence-electron chi connectivity index (χ0n) is 11.5. The fourth-order valence-corrected chi connectivity index (χ4v) is 2.14. The van der Waals surface area contributed by atoms with Gasteiger partial charge in [-0.2, -0.15) is 0 Å². The van der Waals surface area contributed by atoms with E-state index in [-0.39, 0.29) is 18.3 Å². The summed E-state index contributed by atoms with van der Waals surface area (Å²) in [5.41, 5.74) is 0.717. The van der Waals surface area contributed by atoms with Crippen LogP contribution in [0.3, 0.4) is 0 Å². The van der Waals surface area contributed by atoms with Gasteiger partial charge in [0.05, 0.1) is 13.5 Å². The third-order valence-corrected chi connectivity index (χ3v) is 3.42. The number of esters is 1. The molecule has 0 bridgehead atoms. The lowest BCUT2D eigenvalue weighted by Crippen LogP contribution is -2.34. The van der Waals surface area contributed by atoms with Gasteiger partial charge in [0, 0.05) is 25.3 Å². The van der Waals surface area contributed by atoms with Crippen molar-refractivity contribution in [2.24, 2.45) is 0 Å². The maximum atomic E-state index is 12.4. The highest BCUT2D eigenvalue weighted by atomic mass is 16.5. The molecule has 0 N–H and O–H groups in total. The lowest BCUT2D eigenvalue weighted by atomic mass is 10.3. The summed E-state index contributed by atoms with van der Waals surface area (Å²) in [6.07, 6.45) is 4.48. The lowest BCUT2D eigenvalue weighted by Gasteiger charge is -2.21. The van der Waals surface area contributed by atoms with Crippen LogP contribution in [0.5, 0.6) is 0 Å². The number of amides is 1.